The molecule has 4 aliphatic heterocycles. The molecule has 0 saturated carbocycles. The van der Waals surface area contributed by atoms with Crippen molar-refractivity contribution < 1.29 is 0 Å². The maximum absolute atomic E-state index is 5.99. The Morgan fingerprint density at radius 1 is 0.739 bits per heavy atom. The Hall–Kier alpha value is -0.160. The third-order valence-corrected chi connectivity index (χ3v) is 6.89. The summed E-state index contributed by atoms with van der Waals surface area (Å²) in [6.07, 6.45) is 10.2. The summed E-state index contributed by atoms with van der Waals surface area (Å²) in [5.74, 6) is 0. The van der Waals surface area contributed by atoms with Crippen LogP contribution >= 0.6 is 0 Å². The molecule has 0 aromatic rings. The van der Waals surface area contributed by atoms with Gasteiger partial charge in [-0.15, -0.1) is 0 Å². The highest BCUT2D eigenvalue weighted by molar-refractivity contribution is 5.10. The van der Waals surface area contributed by atoms with Gasteiger partial charge in [0.05, 0.1) is 0 Å². The van der Waals surface area contributed by atoms with E-state index in [9.17, 15) is 0 Å². The molecular formula is C19H38N4. The molecule has 5 N–H and O–H groups in total. The summed E-state index contributed by atoms with van der Waals surface area (Å²) in [6.45, 7) is 9.33. The lowest BCUT2D eigenvalue weighted by molar-refractivity contribution is 0.195. The van der Waals surface area contributed by atoms with Crippen molar-refractivity contribution in [2.45, 2.75) is 113 Å². The summed E-state index contributed by atoms with van der Waals surface area (Å²) < 4.78 is 0. The second-order valence-corrected chi connectivity index (χ2v) is 10.1. The molecule has 23 heavy (non-hydrogen) atoms. The molecule has 4 fully saturated rings. The number of hydrogen-bond donors (Lipinski definition) is 4. The summed E-state index contributed by atoms with van der Waals surface area (Å²) >= 11 is 0. The highest BCUT2D eigenvalue weighted by Gasteiger charge is 2.48. The number of fused-ring (bicyclic) bond motifs is 4. The molecule has 6 atom stereocenters. The third-order valence-electron chi connectivity index (χ3n) is 6.89. The Labute approximate surface area is 142 Å². The van der Waals surface area contributed by atoms with E-state index in [1.807, 2.05) is 0 Å². The van der Waals surface area contributed by atoms with E-state index in [-0.39, 0.29) is 0 Å². The lowest BCUT2D eigenvalue weighted by Crippen LogP contribution is -2.57. The van der Waals surface area contributed by atoms with Crippen LogP contribution in [0.15, 0.2) is 0 Å². The first-order valence-corrected chi connectivity index (χ1v) is 9.58. The van der Waals surface area contributed by atoms with Crippen molar-refractivity contribution in [3.8, 4) is 0 Å². The molecule has 0 spiro atoms. The zero-order chi connectivity index (χ0) is 16.9. The van der Waals surface area contributed by atoms with Crippen LogP contribution in [0.4, 0.5) is 0 Å². The zero-order valence-corrected chi connectivity index (χ0v) is 15.9. The minimum atomic E-state index is 0.354. The van der Waals surface area contributed by atoms with Gasteiger partial charge in [0.1, 0.15) is 0 Å². The second kappa shape index (κ2) is 5.69. The SMILES string of the molecule is CNC1C[C@]2(C)CC[C@](C)(C1)N2.C[C@]12CC[C@](C)(CC(N)C1)N2. The van der Waals surface area contributed by atoms with Gasteiger partial charge in [-0.25, -0.2) is 0 Å². The monoisotopic (exact) mass is 322 g/mol. The average Bonchev–Trinajstić information content (AvgIpc) is 2.78. The van der Waals surface area contributed by atoms with Crippen LogP contribution < -0.4 is 21.7 Å². The van der Waals surface area contributed by atoms with Crippen molar-refractivity contribution in [1.29, 1.82) is 0 Å². The molecule has 4 bridgehead atoms. The molecule has 134 valence electrons. The topological polar surface area (TPSA) is 62.1 Å². The maximum atomic E-state index is 5.99. The van der Waals surface area contributed by atoms with Crippen LogP contribution in [-0.4, -0.2) is 41.3 Å². The maximum Gasteiger partial charge on any atom is 0.0173 e. The molecule has 0 aliphatic carbocycles. The predicted molar refractivity (Wildman–Crippen MR) is 97.7 cm³/mol. The van der Waals surface area contributed by atoms with Crippen molar-refractivity contribution in [1.82, 2.24) is 16.0 Å². The Kier molecular flexibility index (Phi) is 4.37. The van der Waals surface area contributed by atoms with E-state index < -0.39 is 0 Å². The minimum Gasteiger partial charge on any atom is -0.328 e. The first-order chi connectivity index (χ1) is 10.6. The van der Waals surface area contributed by atoms with Crippen molar-refractivity contribution in [3.05, 3.63) is 0 Å². The summed E-state index contributed by atoms with van der Waals surface area (Å²) in [4.78, 5) is 0. The van der Waals surface area contributed by atoms with Crippen LogP contribution in [0.2, 0.25) is 0 Å². The fourth-order valence-electron chi connectivity index (χ4n) is 6.02. The molecule has 4 saturated heterocycles. The Morgan fingerprint density at radius 2 is 1.09 bits per heavy atom. The van der Waals surface area contributed by atoms with E-state index >= 15 is 0 Å². The molecule has 4 rings (SSSR count). The summed E-state index contributed by atoms with van der Waals surface area (Å²) in [5, 5.41) is 10.9. The molecule has 0 radical (unpaired) electrons. The highest BCUT2D eigenvalue weighted by Crippen LogP contribution is 2.42. The summed E-state index contributed by atoms with van der Waals surface area (Å²) in [6, 6.07) is 1.15. The first kappa shape index (κ1) is 17.7. The van der Waals surface area contributed by atoms with Crippen LogP contribution in [0.1, 0.15) is 79.1 Å². The predicted octanol–water partition coefficient (Wildman–Crippen LogP) is 2.28. The van der Waals surface area contributed by atoms with E-state index in [1.165, 1.54) is 38.5 Å². The van der Waals surface area contributed by atoms with Crippen LogP contribution in [0.3, 0.4) is 0 Å². The Balaban J connectivity index is 0.000000136. The van der Waals surface area contributed by atoms with Gasteiger partial charge in [0.2, 0.25) is 0 Å². The van der Waals surface area contributed by atoms with E-state index in [1.54, 1.807) is 0 Å². The zero-order valence-electron chi connectivity index (χ0n) is 15.9. The van der Waals surface area contributed by atoms with Gasteiger partial charge in [-0.3, -0.25) is 0 Å². The van der Waals surface area contributed by atoms with Gasteiger partial charge < -0.3 is 21.7 Å². The molecule has 0 amide bonds. The van der Waals surface area contributed by atoms with E-state index in [2.05, 4.69) is 50.7 Å². The number of nitrogens with one attached hydrogen (secondary N) is 3. The summed E-state index contributed by atoms with van der Waals surface area (Å²) in [5.41, 5.74) is 7.53. The van der Waals surface area contributed by atoms with Gasteiger partial charge in [0.25, 0.3) is 0 Å². The lowest BCUT2D eigenvalue weighted by Gasteiger charge is -2.41. The van der Waals surface area contributed by atoms with Crippen molar-refractivity contribution in [2.75, 3.05) is 7.05 Å². The highest BCUT2D eigenvalue weighted by atomic mass is 15.1. The molecular weight excluding hydrogens is 284 g/mol. The van der Waals surface area contributed by atoms with Gasteiger partial charge in [-0.05, 0) is 86.1 Å². The molecule has 2 unspecified atom stereocenters. The van der Waals surface area contributed by atoms with Gasteiger partial charge >= 0.3 is 0 Å². The summed E-state index contributed by atoms with van der Waals surface area (Å²) in [7, 11) is 2.09. The molecule has 4 nitrogen and oxygen atoms in total. The van der Waals surface area contributed by atoms with E-state index in [0.717, 1.165) is 18.9 Å². The van der Waals surface area contributed by atoms with Crippen molar-refractivity contribution in [3.63, 3.8) is 0 Å². The molecule has 0 aromatic heterocycles. The number of rotatable bonds is 1. The van der Waals surface area contributed by atoms with Crippen LogP contribution in [0.5, 0.6) is 0 Å². The number of piperidine rings is 2. The second-order valence-electron chi connectivity index (χ2n) is 10.1. The Morgan fingerprint density at radius 3 is 1.43 bits per heavy atom. The average molecular weight is 323 g/mol. The van der Waals surface area contributed by atoms with Gasteiger partial charge in [0.15, 0.2) is 0 Å². The number of nitrogens with two attached hydrogens (primary N) is 1. The molecule has 4 aliphatic rings. The minimum absolute atomic E-state index is 0.354. The standard InChI is InChI=1S/C10H20N2.C9H18N2/c1-9-4-5-10(2,12-9)7-8(6-9)11-3;1-8-3-4-9(2,11-8)6-7(10)5-8/h8,11-12H,4-7H2,1-3H3;7,11H,3-6,10H2,1-2H3/t8?,9-,10+;7?,8-,9+. The number of hydrogen-bond acceptors (Lipinski definition) is 4. The van der Waals surface area contributed by atoms with Crippen LogP contribution in [-0.2, 0) is 0 Å². The molecule has 0 aromatic carbocycles. The van der Waals surface area contributed by atoms with Crippen LogP contribution in [0, 0.1) is 0 Å². The lowest BCUT2D eigenvalue weighted by atomic mass is 9.85. The van der Waals surface area contributed by atoms with Gasteiger partial charge in [-0.1, -0.05) is 0 Å². The van der Waals surface area contributed by atoms with Gasteiger partial charge in [-0.2, -0.15) is 0 Å². The molecule has 4 heterocycles. The molecule has 4 heteroatoms. The first-order valence-electron chi connectivity index (χ1n) is 9.58. The Bertz CT molecular complexity index is 419. The quantitative estimate of drug-likeness (QED) is 0.598. The smallest absolute Gasteiger partial charge is 0.0173 e. The van der Waals surface area contributed by atoms with Crippen molar-refractivity contribution >= 4 is 0 Å². The fraction of sp³-hybridized carbons (Fsp3) is 1.00. The van der Waals surface area contributed by atoms with Crippen LogP contribution in [0.25, 0.3) is 0 Å². The van der Waals surface area contributed by atoms with Gasteiger partial charge in [0, 0.05) is 34.2 Å². The largest absolute Gasteiger partial charge is 0.328 e. The normalized spacial score (nSPS) is 54.5. The third kappa shape index (κ3) is 3.76. The van der Waals surface area contributed by atoms with Crippen molar-refractivity contribution in [2.24, 2.45) is 5.73 Å². The van der Waals surface area contributed by atoms with E-state index in [0.29, 0.717) is 28.2 Å². The fourth-order valence-corrected chi connectivity index (χ4v) is 6.02. The van der Waals surface area contributed by atoms with E-state index in [4.69, 9.17) is 5.73 Å².